The van der Waals surface area contributed by atoms with Gasteiger partial charge in [-0.25, -0.2) is 0 Å². The van der Waals surface area contributed by atoms with Gasteiger partial charge in [0.25, 0.3) is 0 Å². The SMILES string of the molecule is Br.CC(C)(C)C(=O)Oc1ccc(C(=O)CNCCNC(=O)[C@@H]2CCCN2C(=O)Cc2ccccc2)cc1OC(=O)C(C)(C)C. The number of rotatable bonds is 11. The van der Waals surface area contributed by atoms with Gasteiger partial charge in [-0.2, -0.15) is 0 Å². The monoisotopic (exact) mass is 673 g/mol. The Morgan fingerprint density at radius 3 is 2.07 bits per heavy atom. The highest BCUT2D eigenvalue weighted by molar-refractivity contribution is 8.93. The summed E-state index contributed by atoms with van der Waals surface area (Å²) in [5, 5.41) is 5.87. The van der Waals surface area contributed by atoms with E-state index in [0.29, 0.717) is 19.5 Å². The second kappa shape index (κ2) is 15.9. The molecule has 2 N–H and O–H groups in total. The van der Waals surface area contributed by atoms with Crippen molar-refractivity contribution in [1.29, 1.82) is 0 Å². The van der Waals surface area contributed by atoms with Crippen molar-refractivity contribution in [3.8, 4) is 11.5 Å². The van der Waals surface area contributed by atoms with E-state index in [1.807, 2.05) is 30.3 Å². The molecule has 0 bridgehead atoms. The van der Waals surface area contributed by atoms with Gasteiger partial charge >= 0.3 is 11.9 Å². The summed E-state index contributed by atoms with van der Waals surface area (Å²) in [6.07, 6.45) is 1.64. The Labute approximate surface area is 270 Å². The van der Waals surface area contributed by atoms with Crippen LogP contribution in [0, 0.1) is 10.8 Å². The number of Topliss-reactive ketones (excluding diaryl/α,β-unsaturated/α-hetero) is 1. The van der Waals surface area contributed by atoms with Crippen molar-refractivity contribution in [3.63, 3.8) is 0 Å². The molecule has 0 aromatic heterocycles. The zero-order chi connectivity index (χ0) is 31.8. The fourth-order valence-electron chi connectivity index (χ4n) is 4.26. The summed E-state index contributed by atoms with van der Waals surface area (Å²) < 4.78 is 11.0. The quantitative estimate of drug-likeness (QED) is 0.156. The number of hydrogen-bond acceptors (Lipinski definition) is 8. The van der Waals surface area contributed by atoms with Gasteiger partial charge in [0.15, 0.2) is 17.3 Å². The Hall–Kier alpha value is -3.57. The molecule has 1 aliphatic heterocycles. The van der Waals surface area contributed by atoms with Crippen LogP contribution < -0.4 is 20.1 Å². The van der Waals surface area contributed by atoms with Gasteiger partial charge in [-0.05, 0) is 78.1 Å². The van der Waals surface area contributed by atoms with Gasteiger partial charge in [0.05, 0.1) is 23.8 Å². The molecule has 2 amide bonds. The van der Waals surface area contributed by atoms with Crippen LogP contribution in [0.1, 0.15) is 70.3 Å². The van der Waals surface area contributed by atoms with E-state index in [0.717, 1.165) is 12.0 Å². The minimum absolute atomic E-state index is 0. The minimum atomic E-state index is -0.817. The lowest BCUT2D eigenvalue weighted by atomic mass is 9.97. The Morgan fingerprint density at radius 2 is 1.45 bits per heavy atom. The molecule has 44 heavy (non-hydrogen) atoms. The highest BCUT2D eigenvalue weighted by Crippen LogP contribution is 2.32. The van der Waals surface area contributed by atoms with Crippen LogP contribution in [0.25, 0.3) is 0 Å². The summed E-state index contributed by atoms with van der Waals surface area (Å²) in [4.78, 5) is 65.2. The first-order valence-electron chi connectivity index (χ1n) is 14.6. The summed E-state index contributed by atoms with van der Waals surface area (Å²) in [5.74, 6) is -1.57. The van der Waals surface area contributed by atoms with Gasteiger partial charge in [0.2, 0.25) is 11.8 Å². The standard InChI is InChI=1S/C33H43N3O7.BrH/c1-32(2,3)30(40)42-26-15-14-23(20-27(26)43-31(41)33(4,5)6)25(37)21-34-16-17-35-29(39)24-13-10-18-36(24)28(38)19-22-11-8-7-9-12-22;/h7-9,11-12,14-15,20,24,34H,10,13,16-19,21H2,1-6H3,(H,35,39);1H/t24-;/m0./s1. The van der Waals surface area contributed by atoms with Crippen molar-refractivity contribution < 1.29 is 33.4 Å². The van der Waals surface area contributed by atoms with Crippen molar-refractivity contribution in [2.45, 2.75) is 66.8 Å². The molecule has 240 valence electrons. The molecule has 3 rings (SSSR count). The number of ketones is 1. The van der Waals surface area contributed by atoms with Gasteiger partial charge in [0, 0.05) is 25.2 Å². The molecule has 0 saturated carbocycles. The molecule has 0 radical (unpaired) electrons. The fraction of sp³-hybridized carbons (Fsp3) is 0.485. The van der Waals surface area contributed by atoms with E-state index >= 15 is 0 Å². The zero-order valence-electron chi connectivity index (χ0n) is 26.4. The Morgan fingerprint density at radius 1 is 0.841 bits per heavy atom. The van der Waals surface area contributed by atoms with E-state index in [4.69, 9.17) is 9.47 Å². The lowest BCUT2D eigenvalue weighted by Gasteiger charge is -2.24. The first-order valence-corrected chi connectivity index (χ1v) is 14.6. The van der Waals surface area contributed by atoms with Crippen LogP contribution >= 0.6 is 17.0 Å². The summed E-state index contributed by atoms with van der Waals surface area (Å²) in [6.45, 7) is 11.3. The van der Waals surface area contributed by atoms with Gasteiger partial charge in [-0.1, -0.05) is 30.3 Å². The molecule has 11 heteroatoms. The maximum absolute atomic E-state index is 12.9. The number of esters is 2. The number of likely N-dealkylation sites (tertiary alicyclic amines) is 1. The Bertz CT molecular complexity index is 1330. The zero-order valence-corrected chi connectivity index (χ0v) is 28.1. The van der Waals surface area contributed by atoms with Gasteiger partial charge in [-0.15, -0.1) is 17.0 Å². The van der Waals surface area contributed by atoms with E-state index < -0.39 is 28.8 Å². The highest BCUT2D eigenvalue weighted by Gasteiger charge is 2.34. The van der Waals surface area contributed by atoms with Crippen molar-refractivity contribution in [2.24, 2.45) is 10.8 Å². The van der Waals surface area contributed by atoms with Crippen LogP contribution in [0.15, 0.2) is 48.5 Å². The Balaban J connectivity index is 0.00000675. The third-order valence-corrected chi connectivity index (χ3v) is 6.86. The Kier molecular flexibility index (Phi) is 13.3. The first-order chi connectivity index (χ1) is 20.2. The number of carbonyl (C=O) groups excluding carboxylic acids is 5. The van der Waals surface area contributed by atoms with E-state index in [9.17, 15) is 24.0 Å². The summed E-state index contributed by atoms with van der Waals surface area (Å²) in [6, 6.07) is 13.3. The molecule has 1 heterocycles. The van der Waals surface area contributed by atoms with E-state index in [-0.39, 0.29) is 71.2 Å². The normalized spacial score (nSPS) is 14.8. The van der Waals surface area contributed by atoms with E-state index in [1.54, 1.807) is 46.4 Å². The minimum Gasteiger partial charge on any atom is -0.422 e. The number of nitrogens with one attached hydrogen (secondary N) is 2. The maximum atomic E-state index is 12.9. The van der Waals surface area contributed by atoms with Crippen LogP contribution in [0.5, 0.6) is 11.5 Å². The summed E-state index contributed by atoms with van der Waals surface area (Å²) in [7, 11) is 0. The first kappa shape index (κ1) is 36.6. The largest absolute Gasteiger partial charge is 0.422 e. The number of hydrogen-bond donors (Lipinski definition) is 2. The lowest BCUT2D eigenvalue weighted by Crippen LogP contribution is -2.47. The molecule has 10 nitrogen and oxygen atoms in total. The molecule has 0 aliphatic carbocycles. The number of benzene rings is 2. The molecule has 1 atom stereocenters. The van der Waals surface area contributed by atoms with Gasteiger partial charge in [-0.3, -0.25) is 24.0 Å². The second-order valence-electron chi connectivity index (χ2n) is 12.7. The third-order valence-electron chi connectivity index (χ3n) is 6.86. The molecule has 2 aromatic rings. The third kappa shape index (κ3) is 10.6. The molecule has 1 fully saturated rings. The number of amides is 2. The number of carbonyl (C=O) groups is 5. The highest BCUT2D eigenvalue weighted by atomic mass is 79.9. The molecule has 1 saturated heterocycles. The maximum Gasteiger partial charge on any atom is 0.316 e. The predicted octanol–water partition coefficient (Wildman–Crippen LogP) is 4.29. The molecule has 0 unspecified atom stereocenters. The van der Waals surface area contributed by atoms with Crippen molar-refractivity contribution in [3.05, 3.63) is 59.7 Å². The van der Waals surface area contributed by atoms with Crippen molar-refractivity contribution in [1.82, 2.24) is 15.5 Å². The summed E-state index contributed by atoms with van der Waals surface area (Å²) in [5.41, 5.74) is -0.427. The van der Waals surface area contributed by atoms with Crippen molar-refractivity contribution >= 4 is 46.5 Å². The molecular weight excluding hydrogens is 630 g/mol. The lowest BCUT2D eigenvalue weighted by molar-refractivity contribution is -0.145. The topological polar surface area (TPSA) is 131 Å². The second-order valence-corrected chi connectivity index (χ2v) is 12.7. The summed E-state index contributed by atoms with van der Waals surface area (Å²) >= 11 is 0. The van der Waals surface area contributed by atoms with Crippen LogP contribution in [0.3, 0.4) is 0 Å². The molecular formula is C33H44BrN3O7. The van der Waals surface area contributed by atoms with Crippen LogP contribution in [-0.4, -0.2) is 66.7 Å². The van der Waals surface area contributed by atoms with Crippen molar-refractivity contribution in [2.75, 3.05) is 26.2 Å². The number of halogens is 1. The average Bonchev–Trinajstić information content (AvgIpc) is 3.43. The number of ether oxygens (including phenoxy) is 2. The van der Waals surface area contributed by atoms with E-state index in [2.05, 4.69) is 10.6 Å². The van der Waals surface area contributed by atoms with Crippen LogP contribution in [-0.2, 0) is 25.6 Å². The van der Waals surface area contributed by atoms with Gasteiger partial charge < -0.3 is 25.0 Å². The predicted molar refractivity (Wildman–Crippen MR) is 172 cm³/mol. The molecule has 2 aromatic carbocycles. The average molecular weight is 675 g/mol. The van der Waals surface area contributed by atoms with Crippen LogP contribution in [0.2, 0.25) is 0 Å². The molecule has 0 spiro atoms. The van der Waals surface area contributed by atoms with E-state index in [1.165, 1.54) is 18.2 Å². The fourth-order valence-corrected chi connectivity index (χ4v) is 4.26. The smallest absolute Gasteiger partial charge is 0.316 e. The van der Waals surface area contributed by atoms with Crippen LogP contribution in [0.4, 0.5) is 0 Å². The number of nitrogens with zero attached hydrogens (tertiary/aromatic N) is 1. The molecule has 1 aliphatic rings. The van der Waals surface area contributed by atoms with Gasteiger partial charge in [0.1, 0.15) is 6.04 Å².